The fourth-order valence-corrected chi connectivity index (χ4v) is 2.37. The maximum absolute atomic E-state index is 5.91. The average Bonchev–Trinajstić information content (AvgIpc) is 3.21. The summed E-state index contributed by atoms with van der Waals surface area (Å²) in [6, 6.07) is 9.61. The summed E-state index contributed by atoms with van der Waals surface area (Å²) in [6.45, 7) is 4.48. The van der Waals surface area contributed by atoms with Gasteiger partial charge >= 0.3 is 0 Å². The fourth-order valence-electron chi connectivity index (χ4n) is 2.25. The third kappa shape index (κ3) is 5.52. The Labute approximate surface area is 122 Å². The number of nitrogens with zero attached hydrogens (tertiary/aromatic N) is 1. The van der Waals surface area contributed by atoms with Crippen LogP contribution in [-0.2, 0) is 6.54 Å². The van der Waals surface area contributed by atoms with Gasteiger partial charge in [0, 0.05) is 23.7 Å². The number of benzene rings is 1. The van der Waals surface area contributed by atoms with Crippen LogP contribution < -0.4 is 5.32 Å². The van der Waals surface area contributed by atoms with E-state index in [1.807, 2.05) is 12.1 Å². The zero-order valence-electron chi connectivity index (χ0n) is 12.0. The van der Waals surface area contributed by atoms with Crippen molar-refractivity contribution in [2.45, 2.75) is 51.2 Å². The molecule has 3 heteroatoms. The second kappa shape index (κ2) is 7.28. The number of hydrogen-bond donors (Lipinski definition) is 1. The van der Waals surface area contributed by atoms with Crippen molar-refractivity contribution in [1.82, 2.24) is 10.2 Å². The summed E-state index contributed by atoms with van der Waals surface area (Å²) in [7, 11) is 2.20. The van der Waals surface area contributed by atoms with E-state index in [0.717, 1.165) is 17.6 Å². The molecule has 1 atom stereocenters. The van der Waals surface area contributed by atoms with E-state index in [1.165, 1.54) is 37.8 Å². The Kier molecular flexibility index (Phi) is 5.68. The highest BCUT2D eigenvalue weighted by Gasteiger charge is 2.19. The average molecular weight is 281 g/mol. The molecule has 2 nitrogen and oxygen atoms in total. The molecule has 0 spiro atoms. The van der Waals surface area contributed by atoms with Crippen molar-refractivity contribution < 1.29 is 0 Å². The molecule has 1 unspecified atom stereocenters. The normalized spacial score (nSPS) is 16.8. The van der Waals surface area contributed by atoms with Gasteiger partial charge in [0.2, 0.25) is 0 Å². The van der Waals surface area contributed by atoms with Gasteiger partial charge in [0.15, 0.2) is 0 Å². The zero-order valence-corrected chi connectivity index (χ0v) is 12.8. The van der Waals surface area contributed by atoms with Crippen LogP contribution in [0.5, 0.6) is 0 Å². The van der Waals surface area contributed by atoms with Crippen LogP contribution in [0.25, 0.3) is 0 Å². The quantitative estimate of drug-likeness (QED) is 0.731. The molecule has 0 radical (unpaired) electrons. The van der Waals surface area contributed by atoms with Crippen LogP contribution in [0.2, 0.25) is 5.02 Å². The summed E-state index contributed by atoms with van der Waals surface area (Å²) in [5, 5.41) is 4.38. The van der Waals surface area contributed by atoms with E-state index < -0.39 is 0 Å². The molecule has 1 aromatic carbocycles. The molecule has 1 aliphatic carbocycles. The molecule has 1 aliphatic rings. The summed E-state index contributed by atoms with van der Waals surface area (Å²) in [5.74, 6) is 0. The van der Waals surface area contributed by atoms with Gasteiger partial charge in [0.25, 0.3) is 0 Å². The standard InChI is InChI=1S/C16H25ClN2/c1-13(4-3-11-18-16-9-10-16)19(2)12-14-5-7-15(17)8-6-14/h5-8,13,16,18H,3-4,9-12H2,1-2H3. The van der Waals surface area contributed by atoms with Crippen LogP contribution in [-0.4, -0.2) is 30.6 Å². The Balaban J connectivity index is 1.65. The van der Waals surface area contributed by atoms with Gasteiger partial charge in [-0.2, -0.15) is 0 Å². The minimum atomic E-state index is 0.622. The second-order valence-corrected chi connectivity index (χ2v) is 6.20. The predicted octanol–water partition coefficient (Wildman–Crippen LogP) is 3.69. The van der Waals surface area contributed by atoms with Gasteiger partial charge in [-0.1, -0.05) is 23.7 Å². The minimum absolute atomic E-state index is 0.622. The summed E-state index contributed by atoms with van der Waals surface area (Å²) in [6.07, 6.45) is 5.28. The minimum Gasteiger partial charge on any atom is -0.314 e. The maximum Gasteiger partial charge on any atom is 0.0406 e. The lowest BCUT2D eigenvalue weighted by Gasteiger charge is -2.25. The van der Waals surface area contributed by atoms with Crippen LogP contribution in [0.1, 0.15) is 38.2 Å². The summed E-state index contributed by atoms with van der Waals surface area (Å²) in [4.78, 5) is 2.42. The highest BCUT2D eigenvalue weighted by molar-refractivity contribution is 6.30. The number of hydrogen-bond acceptors (Lipinski definition) is 2. The van der Waals surface area contributed by atoms with E-state index in [1.54, 1.807) is 0 Å². The van der Waals surface area contributed by atoms with Gasteiger partial charge in [0.05, 0.1) is 0 Å². The molecule has 1 saturated carbocycles. The lowest BCUT2D eigenvalue weighted by molar-refractivity contribution is 0.234. The Hall–Kier alpha value is -0.570. The molecular formula is C16H25ClN2. The summed E-state index contributed by atoms with van der Waals surface area (Å²) < 4.78 is 0. The third-order valence-electron chi connectivity index (χ3n) is 3.91. The molecule has 0 bridgehead atoms. The van der Waals surface area contributed by atoms with E-state index in [2.05, 4.69) is 36.3 Å². The van der Waals surface area contributed by atoms with Crippen molar-refractivity contribution in [2.24, 2.45) is 0 Å². The highest BCUT2D eigenvalue weighted by atomic mass is 35.5. The molecule has 19 heavy (non-hydrogen) atoms. The van der Waals surface area contributed by atoms with Crippen molar-refractivity contribution in [3.63, 3.8) is 0 Å². The monoisotopic (exact) mass is 280 g/mol. The molecule has 1 aromatic rings. The SMILES string of the molecule is CC(CCCNC1CC1)N(C)Cc1ccc(Cl)cc1. The van der Waals surface area contributed by atoms with Gasteiger partial charge in [-0.05, 0) is 63.9 Å². The maximum atomic E-state index is 5.91. The molecule has 1 fully saturated rings. The van der Waals surface area contributed by atoms with Gasteiger partial charge in [-0.3, -0.25) is 4.90 Å². The smallest absolute Gasteiger partial charge is 0.0406 e. The molecule has 0 aromatic heterocycles. The van der Waals surface area contributed by atoms with Crippen LogP contribution in [0.4, 0.5) is 0 Å². The van der Waals surface area contributed by atoms with E-state index in [0.29, 0.717) is 6.04 Å². The summed E-state index contributed by atoms with van der Waals surface area (Å²) in [5.41, 5.74) is 1.33. The van der Waals surface area contributed by atoms with Gasteiger partial charge in [0.1, 0.15) is 0 Å². The van der Waals surface area contributed by atoms with Crippen LogP contribution in [0, 0.1) is 0 Å². The largest absolute Gasteiger partial charge is 0.314 e. The summed E-state index contributed by atoms with van der Waals surface area (Å²) >= 11 is 5.91. The van der Waals surface area contributed by atoms with Crippen molar-refractivity contribution in [1.29, 1.82) is 0 Å². The number of rotatable bonds is 8. The molecule has 0 aliphatic heterocycles. The topological polar surface area (TPSA) is 15.3 Å². The van der Waals surface area contributed by atoms with Gasteiger partial charge in [-0.15, -0.1) is 0 Å². The highest BCUT2D eigenvalue weighted by Crippen LogP contribution is 2.18. The lowest BCUT2D eigenvalue weighted by Crippen LogP contribution is -2.29. The molecule has 106 valence electrons. The third-order valence-corrected chi connectivity index (χ3v) is 4.16. The van der Waals surface area contributed by atoms with Crippen LogP contribution >= 0.6 is 11.6 Å². The Morgan fingerprint density at radius 1 is 1.32 bits per heavy atom. The van der Waals surface area contributed by atoms with Gasteiger partial charge in [-0.25, -0.2) is 0 Å². The zero-order chi connectivity index (χ0) is 13.7. The first-order valence-electron chi connectivity index (χ1n) is 7.33. The van der Waals surface area contributed by atoms with E-state index in [4.69, 9.17) is 11.6 Å². The Bertz CT molecular complexity index is 373. The van der Waals surface area contributed by atoms with Crippen molar-refractivity contribution in [2.75, 3.05) is 13.6 Å². The second-order valence-electron chi connectivity index (χ2n) is 5.76. The van der Waals surface area contributed by atoms with E-state index >= 15 is 0 Å². The number of nitrogens with one attached hydrogen (secondary N) is 1. The predicted molar refractivity (Wildman–Crippen MR) is 82.6 cm³/mol. The number of halogens is 1. The van der Waals surface area contributed by atoms with Crippen LogP contribution in [0.3, 0.4) is 0 Å². The first-order chi connectivity index (χ1) is 9.15. The first kappa shape index (κ1) is 14.8. The molecular weight excluding hydrogens is 256 g/mol. The lowest BCUT2D eigenvalue weighted by atomic mass is 10.1. The van der Waals surface area contributed by atoms with Gasteiger partial charge < -0.3 is 5.32 Å². The molecule has 1 N–H and O–H groups in total. The Morgan fingerprint density at radius 3 is 2.63 bits per heavy atom. The van der Waals surface area contributed by atoms with E-state index in [-0.39, 0.29) is 0 Å². The molecule has 0 saturated heterocycles. The van der Waals surface area contributed by atoms with Crippen molar-refractivity contribution in [3.8, 4) is 0 Å². The Morgan fingerprint density at radius 2 is 2.00 bits per heavy atom. The van der Waals surface area contributed by atoms with E-state index in [9.17, 15) is 0 Å². The van der Waals surface area contributed by atoms with Crippen molar-refractivity contribution >= 4 is 11.6 Å². The first-order valence-corrected chi connectivity index (χ1v) is 7.71. The van der Waals surface area contributed by atoms with Crippen molar-refractivity contribution in [3.05, 3.63) is 34.9 Å². The molecule has 2 rings (SSSR count). The van der Waals surface area contributed by atoms with Crippen LogP contribution in [0.15, 0.2) is 24.3 Å². The molecule has 0 heterocycles. The molecule has 0 amide bonds. The fraction of sp³-hybridized carbons (Fsp3) is 0.625.